The van der Waals surface area contributed by atoms with Crippen molar-refractivity contribution in [1.29, 1.82) is 0 Å². The first-order chi connectivity index (χ1) is 6.14. The minimum absolute atomic E-state index is 0.101. The lowest BCUT2D eigenvalue weighted by atomic mass is 9.85. The maximum atomic E-state index is 12.8. The van der Waals surface area contributed by atoms with Gasteiger partial charge in [-0.3, -0.25) is 0 Å². The maximum Gasteiger partial charge on any atom is 0.248 e. The summed E-state index contributed by atoms with van der Waals surface area (Å²) < 4.78 is 25.5. The molecule has 78 valence electrons. The van der Waals surface area contributed by atoms with Crippen molar-refractivity contribution >= 4 is 0 Å². The van der Waals surface area contributed by atoms with Gasteiger partial charge in [0.05, 0.1) is 0 Å². The van der Waals surface area contributed by atoms with Crippen molar-refractivity contribution in [2.45, 2.75) is 45.0 Å². The van der Waals surface area contributed by atoms with Crippen molar-refractivity contribution in [3.63, 3.8) is 0 Å². The second kappa shape index (κ2) is 4.89. The summed E-state index contributed by atoms with van der Waals surface area (Å²) in [7, 11) is 0. The molecule has 1 fully saturated rings. The van der Waals surface area contributed by atoms with Gasteiger partial charge in [-0.1, -0.05) is 6.92 Å². The Bertz CT molecular complexity index is 138. The Kier molecular flexibility index (Phi) is 4.10. The van der Waals surface area contributed by atoms with Gasteiger partial charge >= 0.3 is 0 Å². The molecule has 0 saturated heterocycles. The molecule has 0 aromatic heterocycles. The van der Waals surface area contributed by atoms with Crippen LogP contribution in [0, 0.1) is 5.92 Å². The van der Waals surface area contributed by atoms with Gasteiger partial charge in [0, 0.05) is 12.8 Å². The molecule has 3 heteroatoms. The Balaban J connectivity index is 2.11. The highest BCUT2D eigenvalue weighted by atomic mass is 19.3. The molecule has 1 N–H and O–H groups in total. The topological polar surface area (TPSA) is 12.0 Å². The Morgan fingerprint density at radius 1 is 1.31 bits per heavy atom. The van der Waals surface area contributed by atoms with Crippen LogP contribution in [0.2, 0.25) is 0 Å². The summed E-state index contributed by atoms with van der Waals surface area (Å²) in [6.07, 6.45) is 2.67. The normalized spacial score (nSPS) is 23.3. The predicted molar refractivity (Wildman–Crippen MR) is 50.1 cm³/mol. The number of alkyl halides is 2. The van der Waals surface area contributed by atoms with Gasteiger partial charge in [-0.05, 0) is 38.3 Å². The lowest BCUT2D eigenvalue weighted by molar-refractivity contribution is -0.0464. The minimum Gasteiger partial charge on any atom is -0.317 e. The van der Waals surface area contributed by atoms with E-state index in [2.05, 4.69) is 12.2 Å². The van der Waals surface area contributed by atoms with Crippen LogP contribution in [-0.4, -0.2) is 19.0 Å². The molecule has 1 rings (SSSR count). The van der Waals surface area contributed by atoms with Crippen LogP contribution in [0.1, 0.15) is 39.0 Å². The van der Waals surface area contributed by atoms with Crippen molar-refractivity contribution in [3.05, 3.63) is 0 Å². The first-order valence-electron chi connectivity index (χ1n) is 5.22. The van der Waals surface area contributed by atoms with Crippen LogP contribution in [0.25, 0.3) is 0 Å². The van der Waals surface area contributed by atoms with Crippen LogP contribution in [-0.2, 0) is 0 Å². The molecule has 0 heterocycles. The fourth-order valence-corrected chi connectivity index (χ4v) is 1.87. The summed E-state index contributed by atoms with van der Waals surface area (Å²) in [5.41, 5.74) is 0. The van der Waals surface area contributed by atoms with Gasteiger partial charge in [-0.25, -0.2) is 8.78 Å². The van der Waals surface area contributed by atoms with Crippen molar-refractivity contribution in [2.75, 3.05) is 13.1 Å². The molecular weight excluding hydrogens is 172 g/mol. The van der Waals surface area contributed by atoms with E-state index in [-0.39, 0.29) is 12.8 Å². The van der Waals surface area contributed by atoms with Crippen LogP contribution in [0.5, 0.6) is 0 Å². The third kappa shape index (κ3) is 4.03. The van der Waals surface area contributed by atoms with Crippen LogP contribution < -0.4 is 5.32 Å². The summed E-state index contributed by atoms with van der Waals surface area (Å²) in [5, 5.41) is 3.23. The van der Waals surface area contributed by atoms with Gasteiger partial charge in [0.2, 0.25) is 5.92 Å². The van der Waals surface area contributed by atoms with Crippen molar-refractivity contribution in [3.8, 4) is 0 Å². The number of halogens is 2. The van der Waals surface area contributed by atoms with Gasteiger partial charge < -0.3 is 5.32 Å². The Morgan fingerprint density at radius 3 is 2.46 bits per heavy atom. The average Bonchev–Trinajstić information content (AvgIpc) is 2.08. The van der Waals surface area contributed by atoms with E-state index in [1.807, 2.05) is 0 Å². The highest BCUT2D eigenvalue weighted by Crippen LogP contribution is 2.37. The lowest BCUT2D eigenvalue weighted by Gasteiger charge is -2.28. The van der Waals surface area contributed by atoms with E-state index in [1.54, 1.807) is 0 Å². The first-order valence-corrected chi connectivity index (χ1v) is 5.22. The standard InChI is InChI=1S/C10H19F2N/c1-2-13-8-5-9-3-6-10(11,12)7-4-9/h9,13H,2-8H2,1H3. The highest BCUT2D eigenvalue weighted by Gasteiger charge is 2.34. The number of nitrogens with one attached hydrogen (secondary N) is 1. The van der Waals surface area contributed by atoms with Crippen LogP contribution >= 0.6 is 0 Å². The third-order valence-electron chi connectivity index (χ3n) is 2.82. The zero-order valence-electron chi connectivity index (χ0n) is 8.28. The molecule has 1 saturated carbocycles. The Labute approximate surface area is 78.9 Å². The van der Waals surface area contributed by atoms with Crippen molar-refractivity contribution in [2.24, 2.45) is 5.92 Å². The summed E-state index contributed by atoms with van der Waals surface area (Å²) in [6, 6.07) is 0. The summed E-state index contributed by atoms with van der Waals surface area (Å²) in [5.74, 6) is -1.84. The Morgan fingerprint density at radius 2 is 1.92 bits per heavy atom. The summed E-state index contributed by atoms with van der Waals surface area (Å²) in [4.78, 5) is 0. The van der Waals surface area contributed by atoms with E-state index in [1.165, 1.54) is 0 Å². The minimum atomic E-state index is -2.37. The van der Waals surface area contributed by atoms with Crippen molar-refractivity contribution in [1.82, 2.24) is 5.32 Å². The molecule has 0 atom stereocenters. The van der Waals surface area contributed by atoms with E-state index in [0.717, 1.165) is 19.5 Å². The van der Waals surface area contributed by atoms with Crippen LogP contribution in [0.4, 0.5) is 8.78 Å². The molecule has 0 unspecified atom stereocenters. The van der Waals surface area contributed by atoms with Gasteiger partial charge in [-0.15, -0.1) is 0 Å². The molecule has 1 nitrogen and oxygen atoms in total. The van der Waals surface area contributed by atoms with E-state index >= 15 is 0 Å². The molecule has 0 bridgehead atoms. The van der Waals surface area contributed by atoms with E-state index in [9.17, 15) is 8.78 Å². The Hall–Kier alpha value is -0.180. The molecule has 1 aliphatic rings. The van der Waals surface area contributed by atoms with Gasteiger partial charge in [-0.2, -0.15) is 0 Å². The fourth-order valence-electron chi connectivity index (χ4n) is 1.87. The second-order valence-corrected chi connectivity index (χ2v) is 3.94. The summed E-state index contributed by atoms with van der Waals surface area (Å²) in [6.45, 7) is 4.02. The van der Waals surface area contributed by atoms with E-state index in [4.69, 9.17) is 0 Å². The van der Waals surface area contributed by atoms with Gasteiger partial charge in [0.25, 0.3) is 0 Å². The fraction of sp³-hybridized carbons (Fsp3) is 1.00. The molecule has 1 aliphatic carbocycles. The molecule has 13 heavy (non-hydrogen) atoms. The van der Waals surface area contributed by atoms with Gasteiger partial charge in [0.1, 0.15) is 0 Å². The molecule has 0 aromatic carbocycles. The zero-order chi connectivity index (χ0) is 9.73. The monoisotopic (exact) mass is 191 g/mol. The SMILES string of the molecule is CCNCCC1CCC(F)(F)CC1. The molecule has 0 aromatic rings. The largest absolute Gasteiger partial charge is 0.317 e. The predicted octanol–water partition coefficient (Wildman–Crippen LogP) is 2.81. The molecule has 0 radical (unpaired) electrons. The van der Waals surface area contributed by atoms with Gasteiger partial charge in [0.15, 0.2) is 0 Å². The third-order valence-corrected chi connectivity index (χ3v) is 2.82. The second-order valence-electron chi connectivity index (χ2n) is 3.94. The molecule has 0 amide bonds. The number of hydrogen-bond donors (Lipinski definition) is 1. The molecule has 0 spiro atoms. The van der Waals surface area contributed by atoms with Crippen molar-refractivity contribution < 1.29 is 8.78 Å². The first kappa shape index (κ1) is 10.9. The molecule has 0 aliphatic heterocycles. The lowest BCUT2D eigenvalue weighted by Crippen LogP contribution is -2.26. The van der Waals surface area contributed by atoms with E-state index in [0.29, 0.717) is 18.8 Å². The maximum absolute atomic E-state index is 12.8. The number of hydrogen-bond acceptors (Lipinski definition) is 1. The quantitative estimate of drug-likeness (QED) is 0.674. The highest BCUT2D eigenvalue weighted by molar-refractivity contribution is 4.77. The average molecular weight is 191 g/mol. The summed E-state index contributed by atoms with van der Waals surface area (Å²) >= 11 is 0. The smallest absolute Gasteiger partial charge is 0.248 e. The molecular formula is C10H19F2N. The van der Waals surface area contributed by atoms with Crippen LogP contribution in [0.15, 0.2) is 0 Å². The zero-order valence-corrected chi connectivity index (χ0v) is 8.28. The van der Waals surface area contributed by atoms with Crippen LogP contribution in [0.3, 0.4) is 0 Å². The van der Waals surface area contributed by atoms with E-state index < -0.39 is 5.92 Å². The number of rotatable bonds is 4.